The Balaban J connectivity index is 2.25. The Morgan fingerprint density at radius 3 is 2.84 bits per heavy atom. The molecule has 4 nitrogen and oxygen atoms in total. The zero-order valence-electron chi connectivity index (χ0n) is 11.3. The van der Waals surface area contributed by atoms with Gasteiger partial charge < -0.3 is 10.6 Å². The molecular weight excluding hydrogens is 258 g/mol. The normalized spacial score (nSPS) is 11.1. The van der Waals surface area contributed by atoms with E-state index in [1.54, 1.807) is 0 Å². The minimum absolute atomic E-state index is 0.0937. The van der Waals surface area contributed by atoms with Crippen LogP contribution in [0.2, 0.25) is 0 Å². The number of rotatable bonds is 5. The predicted molar refractivity (Wildman–Crippen MR) is 81.6 cm³/mol. The van der Waals surface area contributed by atoms with Crippen LogP contribution >= 0.6 is 11.3 Å². The summed E-state index contributed by atoms with van der Waals surface area (Å²) in [6, 6.07) is 7.66. The topological polar surface area (TPSA) is 51.3 Å². The summed E-state index contributed by atoms with van der Waals surface area (Å²) in [5.74, 6) is 0. The number of nitrogens with zero attached hydrogens (tertiary/aromatic N) is 2. The van der Waals surface area contributed by atoms with Crippen LogP contribution in [0.1, 0.15) is 6.42 Å². The van der Waals surface area contributed by atoms with Gasteiger partial charge in [-0.05, 0) is 39.2 Å². The lowest BCUT2D eigenvalue weighted by molar-refractivity contribution is 0.386. The molecule has 1 heterocycles. The van der Waals surface area contributed by atoms with Gasteiger partial charge in [0.05, 0.1) is 5.69 Å². The number of nitrogen functional groups attached to an aromatic ring is 1. The highest BCUT2D eigenvalue weighted by Crippen LogP contribution is 2.22. The first-order valence-electron chi connectivity index (χ1n) is 6.27. The number of hydrogen-bond donors (Lipinski definition) is 1. The second kappa shape index (κ2) is 6.04. The van der Waals surface area contributed by atoms with Gasteiger partial charge in [0.25, 0.3) is 0 Å². The van der Waals surface area contributed by atoms with Crippen molar-refractivity contribution >= 4 is 17.0 Å². The van der Waals surface area contributed by atoms with E-state index >= 15 is 0 Å². The highest BCUT2D eigenvalue weighted by molar-refractivity contribution is 7.07. The van der Waals surface area contributed by atoms with Crippen molar-refractivity contribution in [2.75, 3.05) is 26.4 Å². The van der Waals surface area contributed by atoms with Crippen molar-refractivity contribution < 1.29 is 0 Å². The van der Waals surface area contributed by atoms with Gasteiger partial charge in [0.1, 0.15) is 0 Å². The molecule has 5 heteroatoms. The molecule has 2 rings (SSSR count). The molecule has 0 atom stereocenters. The molecule has 0 aliphatic heterocycles. The summed E-state index contributed by atoms with van der Waals surface area (Å²) < 4.78 is 1.84. The molecule has 0 fully saturated rings. The van der Waals surface area contributed by atoms with Gasteiger partial charge in [-0.15, -0.1) is 0 Å². The zero-order chi connectivity index (χ0) is 13.8. The molecular formula is C14H19N3OS. The van der Waals surface area contributed by atoms with Gasteiger partial charge >= 0.3 is 4.87 Å². The Morgan fingerprint density at radius 2 is 2.16 bits per heavy atom. The van der Waals surface area contributed by atoms with Crippen LogP contribution in [0.15, 0.2) is 34.4 Å². The molecule has 0 unspecified atom stereocenters. The van der Waals surface area contributed by atoms with Crippen molar-refractivity contribution in [3.05, 3.63) is 39.3 Å². The van der Waals surface area contributed by atoms with Gasteiger partial charge in [-0.3, -0.25) is 9.36 Å². The van der Waals surface area contributed by atoms with Gasteiger partial charge in [-0.1, -0.05) is 23.5 Å². The SMILES string of the molecule is CN(C)CCCn1c(-c2cccc(N)c2)csc1=O. The average molecular weight is 277 g/mol. The quantitative estimate of drug-likeness (QED) is 0.852. The zero-order valence-corrected chi connectivity index (χ0v) is 12.1. The van der Waals surface area contributed by atoms with Crippen molar-refractivity contribution in [3.8, 4) is 11.3 Å². The fraction of sp³-hybridized carbons (Fsp3) is 0.357. The Labute approximate surface area is 117 Å². The third-order valence-electron chi connectivity index (χ3n) is 2.95. The highest BCUT2D eigenvalue weighted by atomic mass is 32.1. The predicted octanol–water partition coefficient (Wildman–Crippen LogP) is 2.11. The lowest BCUT2D eigenvalue weighted by atomic mass is 10.1. The molecule has 0 aliphatic rings. The van der Waals surface area contributed by atoms with Crippen molar-refractivity contribution in [3.63, 3.8) is 0 Å². The summed E-state index contributed by atoms with van der Waals surface area (Å²) in [6.07, 6.45) is 0.957. The van der Waals surface area contributed by atoms with Crippen LogP contribution in [-0.2, 0) is 6.54 Å². The van der Waals surface area contributed by atoms with Crippen LogP contribution in [0.25, 0.3) is 11.3 Å². The van der Waals surface area contributed by atoms with Crippen LogP contribution in [0.5, 0.6) is 0 Å². The highest BCUT2D eigenvalue weighted by Gasteiger charge is 2.09. The first kappa shape index (κ1) is 13.8. The van der Waals surface area contributed by atoms with Gasteiger partial charge in [-0.2, -0.15) is 0 Å². The minimum atomic E-state index is 0.0937. The molecule has 2 N–H and O–H groups in total. The van der Waals surface area contributed by atoms with E-state index in [0.717, 1.165) is 36.5 Å². The second-order valence-electron chi connectivity index (χ2n) is 4.82. The van der Waals surface area contributed by atoms with Crippen molar-refractivity contribution in [2.24, 2.45) is 0 Å². The summed E-state index contributed by atoms with van der Waals surface area (Å²) in [6.45, 7) is 1.71. The molecule has 0 radical (unpaired) electrons. The van der Waals surface area contributed by atoms with Gasteiger partial charge in [-0.25, -0.2) is 0 Å². The van der Waals surface area contributed by atoms with Gasteiger partial charge in [0.2, 0.25) is 0 Å². The fourth-order valence-electron chi connectivity index (χ4n) is 2.01. The lowest BCUT2D eigenvalue weighted by Gasteiger charge is -2.11. The monoisotopic (exact) mass is 277 g/mol. The molecule has 2 aromatic rings. The van der Waals surface area contributed by atoms with Crippen LogP contribution in [0.4, 0.5) is 5.69 Å². The molecule has 102 valence electrons. The largest absolute Gasteiger partial charge is 0.399 e. The van der Waals surface area contributed by atoms with E-state index in [9.17, 15) is 4.79 Å². The van der Waals surface area contributed by atoms with Crippen LogP contribution in [-0.4, -0.2) is 30.1 Å². The minimum Gasteiger partial charge on any atom is -0.399 e. The van der Waals surface area contributed by atoms with E-state index < -0.39 is 0 Å². The summed E-state index contributed by atoms with van der Waals surface area (Å²) in [5, 5.41) is 1.91. The smallest absolute Gasteiger partial charge is 0.307 e. The first-order chi connectivity index (χ1) is 9.08. The Hall–Kier alpha value is -1.59. The van der Waals surface area contributed by atoms with E-state index in [1.807, 2.05) is 48.3 Å². The molecule has 0 spiro atoms. The van der Waals surface area contributed by atoms with Gasteiger partial charge in [0.15, 0.2) is 0 Å². The standard InChI is InChI=1S/C14H19N3OS/c1-16(2)7-4-8-17-13(10-19-14(17)18)11-5-3-6-12(15)9-11/h3,5-6,9-10H,4,7-8,15H2,1-2H3. The molecule has 0 saturated heterocycles. The van der Waals surface area contributed by atoms with Crippen molar-refractivity contribution in [1.82, 2.24) is 9.47 Å². The summed E-state index contributed by atoms with van der Waals surface area (Å²) in [7, 11) is 4.07. The van der Waals surface area contributed by atoms with E-state index in [2.05, 4.69) is 4.90 Å². The molecule has 1 aromatic heterocycles. The number of aromatic nitrogens is 1. The maximum absolute atomic E-state index is 11.9. The Bertz CT molecular complexity index is 601. The fourth-order valence-corrected chi connectivity index (χ4v) is 2.80. The molecule has 19 heavy (non-hydrogen) atoms. The lowest BCUT2D eigenvalue weighted by Crippen LogP contribution is -2.19. The average Bonchev–Trinajstić information content (AvgIpc) is 2.71. The maximum atomic E-state index is 11.9. The van der Waals surface area contributed by atoms with E-state index in [0.29, 0.717) is 0 Å². The second-order valence-corrected chi connectivity index (χ2v) is 5.64. The summed E-state index contributed by atoms with van der Waals surface area (Å²) in [5.41, 5.74) is 8.48. The third-order valence-corrected chi connectivity index (χ3v) is 3.72. The van der Waals surface area contributed by atoms with E-state index in [1.165, 1.54) is 11.3 Å². The van der Waals surface area contributed by atoms with E-state index in [4.69, 9.17) is 5.73 Å². The molecule has 0 saturated carbocycles. The van der Waals surface area contributed by atoms with Crippen LogP contribution in [0, 0.1) is 0 Å². The molecule has 0 aliphatic carbocycles. The molecule has 0 amide bonds. The van der Waals surface area contributed by atoms with Crippen LogP contribution in [0.3, 0.4) is 0 Å². The van der Waals surface area contributed by atoms with Crippen LogP contribution < -0.4 is 10.6 Å². The third kappa shape index (κ3) is 3.45. The number of hydrogen-bond acceptors (Lipinski definition) is 4. The first-order valence-corrected chi connectivity index (χ1v) is 7.15. The van der Waals surface area contributed by atoms with E-state index in [-0.39, 0.29) is 4.87 Å². The summed E-state index contributed by atoms with van der Waals surface area (Å²) in [4.78, 5) is 14.1. The summed E-state index contributed by atoms with van der Waals surface area (Å²) >= 11 is 1.24. The number of thiazole rings is 1. The maximum Gasteiger partial charge on any atom is 0.307 e. The number of benzene rings is 1. The number of anilines is 1. The molecule has 1 aromatic carbocycles. The Morgan fingerprint density at radius 1 is 1.37 bits per heavy atom. The number of nitrogens with two attached hydrogens (primary N) is 1. The van der Waals surface area contributed by atoms with Crippen molar-refractivity contribution in [1.29, 1.82) is 0 Å². The van der Waals surface area contributed by atoms with Crippen molar-refractivity contribution in [2.45, 2.75) is 13.0 Å². The Kier molecular flexibility index (Phi) is 4.39. The van der Waals surface area contributed by atoms with Gasteiger partial charge in [0, 0.05) is 23.2 Å². The molecule has 0 bridgehead atoms.